The van der Waals surface area contributed by atoms with Gasteiger partial charge in [-0.2, -0.15) is 11.8 Å². The molecule has 2 N–H and O–H groups in total. The zero-order chi connectivity index (χ0) is 20.8. The lowest BCUT2D eigenvalue weighted by Gasteiger charge is -2.18. The summed E-state index contributed by atoms with van der Waals surface area (Å²) in [5.74, 6) is 0.0740. The Balaban J connectivity index is 1.56. The summed E-state index contributed by atoms with van der Waals surface area (Å²) in [6, 6.07) is 16.8. The summed E-state index contributed by atoms with van der Waals surface area (Å²) >= 11 is 1.61. The van der Waals surface area contributed by atoms with Crippen LogP contribution in [0.5, 0.6) is 0 Å². The van der Waals surface area contributed by atoms with Gasteiger partial charge in [-0.1, -0.05) is 54.6 Å². The minimum atomic E-state index is -0.536. The van der Waals surface area contributed by atoms with E-state index in [1.807, 2.05) is 67.8 Å². The SMILES string of the molecule is CSCCC1NC(=O)N(CC(=O)NC(C)c2ccc(-c3ccccc3)cc2)C1=O. The van der Waals surface area contributed by atoms with Crippen LogP contribution < -0.4 is 10.6 Å². The van der Waals surface area contributed by atoms with Crippen molar-refractivity contribution in [2.24, 2.45) is 0 Å². The molecule has 29 heavy (non-hydrogen) atoms. The van der Waals surface area contributed by atoms with E-state index in [-0.39, 0.29) is 24.4 Å². The van der Waals surface area contributed by atoms with Gasteiger partial charge in [-0.15, -0.1) is 0 Å². The largest absolute Gasteiger partial charge is 0.348 e. The van der Waals surface area contributed by atoms with Crippen molar-refractivity contribution in [2.75, 3.05) is 18.6 Å². The highest BCUT2D eigenvalue weighted by molar-refractivity contribution is 7.98. The van der Waals surface area contributed by atoms with E-state index in [1.54, 1.807) is 11.8 Å². The fraction of sp³-hybridized carbons (Fsp3) is 0.318. The molecule has 0 aromatic heterocycles. The number of carbonyl (C=O) groups excluding carboxylic acids is 3. The molecular formula is C22H25N3O3S. The van der Waals surface area contributed by atoms with Crippen LogP contribution in [-0.2, 0) is 9.59 Å². The number of carbonyl (C=O) groups is 3. The Morgan fingerprint density at radius 1 is 1.10 bits per heavy atom. The lowest BCUT2D eigenvalue weighted by atomic mass is 10.0. The van der Waals surface area contributed by atoms with Gasteiger partial charge in [-0.25, -0.2) is 4.79 Å². The van der Waals surface area contributed by atoms with Gasteiger partial charge >= 0.3 is 6.03 Å². The van der Waals surface area contributed by atoms with E-state index in [0.29, 0.717) is 6.42 Å². The molecule has 4 amide bonds. The molecule has 0 radical (unpaired) electrons. The maximum Gasteiger partial charge on any atom is 0.325 e. The van der Waals surface area contributed by atoms with Crippen molar-refractivity contribution in [3.63, 3.8) is 0 Å². The normalized spacial score (nSPS) is 17.2. The third-order valence-corrected chi connectivity index (χ3v) is 5.56. The van der Waals surface area contributed by atoms with E-state index >= 15 is 0 Å². The molecule has 0 aliphatic carbocycles. The maximum absolute atomic E-state index is 12.4. The van der Waals surface area contributed by atoms with Crippen LogP contribution in [-0.4, -0.2) is 47.3 Å². The summed E-state index contributed by atoms with van der Waals surface area (Å²) < 4.78 is 0. The average molecular weight is 412 g/mol. The molecule has 0 saturated carbocycles. The van der Waals surface area contributed by atoms with Gasteiger partial charge in [-0.05, 0) is 42.0 Å². The zero-order valence-corrected chi connectivity index (χ0v) is 17.4. The van der Waals surface area contributed by atoms with Gasteiger partial charge in [0.25, 0.3) is 5.91 Å². The van der Waals surface area contributed by atoms with Crippen molar-refractivity contribution >= 4 is 29.6 Å². The van der Waals surface area contributed by atoms with Gasteiger partial charge in [0.15, 0.2) is 0 Å². The summed E-state index contributed by atoms with van der Waals surface area (Å²) in [6.07, 6.45) is 2.51. The number of hydrogen-bond donors (Lipinski definition) is 2. The van der Waals surface area contributed by atoms with E-state index in [0.717, 1.165) is 27.3 Å². The molecule has 1 fully saturated rings. The molecule has 1 heterocycles. The van der Waals surface area contributed by atoms with Gasteiger partial charge in [0.1, 0.15) is 12.6 Å². The molecule has 2 atom stereocenters. The van der Waals surface area contributed by atoms with Crippen LogP contribution in [0, 0.1) is 0 Å². The third-order valence-electron chi connectivity index (χ3n) is 4.91. The second-order valence-corrected chi connectivity index (χ2v) is 7.97. The quantitative estimate of drug-likeness (QED) is 0.654. The van der Waals surface area contributed by atoms with Crippen molar-refractivity contribution in [3.05, 3.63) is 60.2 Å². The average Bonchev–Trinajstić information content (AvgIpc) is 3.00. The second-order valence-electron chi connectivity index (χ2n) is 6.99. The van der Waals surface area contributed by atoms with Gasteiger partial charge in [-0.3, -0.25) is 14.5 Å². The summed E-state index contributed by atoms with van der Waals surface area (Å²) in [6.45, 7) is 1.61. The highest BCUT2D eigenvalue weighted by atomic mass is 32.2. The maximum atomic E-state index is 12.4. The minimum Gasteiger partial charge on any atom is -0.348 e. The summed E-state index contributed by atoms with van der Waals surface area (Å²) in [7, 11) is 0. The number of hydrogen-bond acceptors (Lipinski definition) is 4. The Morgan fingerprint density at radius 3 is 2.41 bits per heavy atom. The topological polar surface area (TPSA) is 78.5 Å². The molecule has 2 aromatic rings. The number of urea groups is 1. The Kier molecular flexibility index (Phi) is 6.93. The first kappa shape index (κ1) is 20.9. The number of benzene rings is 2. The van der Waals surface area contributed by atoms with Crippen LogP contribution in [0.1, 0.15) is 24.9 Å². The fourth-order valence-electron chi connectivity index (χ4n) is 3.27. The van der Waals surface area contributed by atoms with Crippen molar-refractivity contribution in [1.29, 1.82) is 0 Å². The molecule has 2 unspecified atom stereocenters. The summed E-state index contributed by atoms with van der Waals surface area (Å²) in [5.41, 5.74) is 3.18. The summed E-state index contributed by atoms with van der Waals surface area (Å²) in [5, 5.41) is 5.51. The Hall–Kier alpha value is -2.80. The lowest BCUT2D eigenvalue weighted by molar-refractivity contribution is -0.132. The van der Waals surface area contributed by atoms with Crippen molar-refractivity contribution < 1.29 is 14.4 Å². The van der Waals surface area contributed by atoms with E-state index < -0.39 is 12.1 Å². The molecule has 0 bridgehead atoms. The Bertz CT molecular complexity index is 871. The predicted molar refractivity (Wildman–Crippen MR) is 115 cm³/mol. The van der Waals surface area contributed by atoms with Crippen LogP contribution in [0.4, 0.5) is 4.79 Å². The van der Waals surface area contributed by atoms with Gasteiger partial charge < -0.3 is 10.6 Å². The highest BCUT2D eigenvalue weighted by Crippen LogP contribution is 2.22. The number of thioether (sulfide) groups is 1. The Morgan fingerprint density at radius 2 is 1.76 bits per heavy atom. The van der Waals surface area contributed by atoms with Gasteiger partial charge in [0, 0.05) is 0 Å². The molecular weight excluding hydrogens is 386 g/mol. The standard InChI is InChI=1S/C22H25N3O3S/c1-15(16-8-10-18(11-9-16)17-6-4-3-5-7-17)23-20(26)14-25-21(27)19(12-13-29-2)24-22(25)28/h3-11,15,19H,12-14H2,1-2H3,(H,23,26)(H,24,28). The van der Waals surface area contributed by atoms with Crippen LogP contribution in [0.2, 0.25) is 0 Å². The molecule has 152 valence electrons. The number of amides is 4. The van der Waals surface area contributed by atoms with E-state index in [4.69, 9.17) is 0 Å². The first-order valence-electron chi connectivity index (χ1n) is 9.55. The third kappa shape index (κ3) is 5.17. The van der Waals surface area contributed by atoms with E-state index in [1.165, 1.54) is 0 Å². The monoisotopic (exact) mass is 411 g/mol. The van der Waals surface area contributed by atoms with Gasteiger partial charge in [0.2, 0.25) is 5.91 Å². The highest BCUT2D eigenvalue weighted by Gasteiger charge is 2.38. The number of nitrogens with one attached hydrogen (secondary N) is 2. The van der Waals surface area contributed by atoms with Gasteiger partial charge in [0.05, 0.1) is 6.04 Å². The smallest absolute Gasteiger partial charge is 0.325 e. The number of rotatable bonds is 8. The second kappa shape index (κ2) is 9.60. The van der Waals surface area contributed by atoms with Crippen LogP contribution in [0.3, 0.4) is 0 Å². The summed E-state index contributed by atoms with van der Waals surface area (Å²) in [4.78, 5) is 37.8. The fourth-order valence-corrected chi connectivity index (χ4v) is 3.74. The molecule has 7 heteroatoms. The van der Waals surface area contributed by atoms with Crippen LogP contribution in [0.15, 0.2) is 54.6 Å². The molecule has 0 spiro atoms. The van der Waals surface area contributed by atoms with E-state index in [9.17, 15) is 14.4 Å². The molecule has 6 nitrogen and oxygen atoms in total. The first-order chi connectivity index (χ1) is 14.0. The number of imide groups is 1. The Labute approximate surface area is 175 Å². The molecule has 1 aliphatic heterocycles. The van der Waals surface area contributed by atoms with E-state index in [2.05, 4.69) is 10.6 Å². The molecule has 1 saturated heterocycles. The van der Waals surface area contributed by atoms with Crippen molar-refractivity contribution in [1.82, 2.24) is 15.5 Å². The van der Waals surface area contributed by atoms with Crippen molar-refractivity contribution in [3.8, 4) is 11.1 Å². The molecule has 1 aliphatic rings. The van der Waals surface area contributed by atoms with Crippen molar-refractivity contribution in [2.45, 2.75) is 25.4 Å². The molecule has 3 rings (SSSR count). The van der Waals surface area contributed by atoms with Crippen LogP contribution in [0.25, 0.3) is 11.1 Å². The zero-order valence-electron chi connectivity index (χ0n) is 16.6. The minimum absolute atomic E-state index is 0.236. The predicted octanol–water partition coefficient (Wildman–Crippen LogP) is 3.20. The molecule has 2 aromatic carbocycles. The lowest BCUT2D eigenvalue weighted by Crippen LogP contribution is -2.41. The first-order valence-corrected chi connectivity index (χ1v) is 10.9. The van der Waals surface area contributed by atoms with Crippen LogP contribution >= 0.6 is 11.8 Å². The number of nitrogens with zero attached hydrogens (tertiary/aromatic N) is 1.